The number of nitrogens with one attached hydrogen (secondary N) is 1. The highest BCUT2D eigenvalue weighted by atomic mass is 35.5. The van der Waals surface area contributed by atoms with Crippen LogP contribution in [0.1, 0.15) is 29.8 Å². The standard InChI is InChI=1S/C19H20ClNO3S/c1-3-24-19(23)16-10-9-15(11-17(16)20)21-18(22)13(2)25-12-14-7-5-4-6-8-14/h4-11,13H,3,12H2,1-2H3,(H,21,22). The van der Waals surface area contributed by atoms with Gasteiger partial charge in [-0.2, -0.15) is 0 Å². The van der Waals surface area contributed by atoms with Gasteiger partial charge < -0.3 is 10.1 Å². The first kappa shape index (κ1) is 19.3. The number of hydrogen-bond acceptors (Lipinski definition) is 4. The zero-order valence-electron chi connectivity index (χ0n) is 14.1. The smallest absolute Gasteiger partial charge is 0.339 e. The second-order valence-corrected chi connectivity index (χ2v) is 7.08. The second kappa shape index (κ2) is 9.49. The Morgan fingerprint density at radius 1 is 1.20 bits per heavy atom. The maximum Gasteiger partial charge on any atom is 0.339 e. The Hall–Kier alpha value is -1.98. The van der Waals surface area contributed by atoms with Crippen molar-refractivity contribution < 1.29 is 14.3 Å². The van der Waals surface area contributed by atoms with Crippen LogP contribution in [0.3, 0.4) is 0 Å². The van der Waals surface area contributed by atoms with Gasteiger partial charge in [0.05, 0.1) is 22.4 Å². The molecule has 0 aromatic heterocycles. The first-order chi connectivity index (χ1) is 12.0. The van der Waals surface area contributed by atoms with E-state index < -0.39 is 5.97 Å². The molecule has 6 heteroatoms. The van der Waals surface area contributed by atoms with E-state index in [1.165, 1.54) is 5.56 Å². The molecule has 0 bridgehead atoms. The van der Waals surface area contributed by atoms with E-state index in [1.54, 1.807) is 36.9 Å². The third kappa shape index (κ3) is 5.80. The Morgan fingerprint density at radius 2 is 1.92 bits per heavy atom. The van der Waals surface area contributed by atoms with Crippen LogP contribution in [0.25, 0.3) is 0 Å². The highest BCUT2D eigenvalue weighted by Gasteiger charge is 2.16. The maximum atomic E-state index is 12.3. The van der Waals surface area contributed by atoms with Crippen molar-refractivity contribution in [2.45, 2.75) is 24.9 Å². The quantitative estimate of drug-likeness (QED) is 0.705. The molecule has 0 heterocycles. The lowest BCUT2D eigenvalue weighted by atomic mass is 10.2. The highest BCUT2D eigenvalue weighted by Crippen LogP contribution is 2.23. The third-order valence-electron chi connectivity index (χ3n) is 3.44. The maximum absolute atomic E-state index is 12.3. The van der Waals surface area contributed by atoms with E-state index >= 15 is 0 Å². The lowest BCUT2D eigenvalue weighted by Gasteiger charge is -2.13. The largest absolute Gasteiger partial charge is 0.462 e. The van der Waals surface area contributed by atoms with Gasteiger partial charge in [-0.3, -0.25) is 4.79 Å². The number of anilines is 1. The van der Waals surface area contributed by atoms with Gasteiger partial charge in [-0.25, -0.2) is 4.79 Å². The number of carbonyl (C=O) groups is 2. The number of thioether (sulfide) groups is 1. The molecule has 1 amide bonds. The molecule has 0 aliphatic carbocycles. The molecule has 0 saturated heterocycles. The minimum absolute atomic E-state index is 0.110. The van der Waals surface area contributed by atoms with Crippen molar-refractivity contribution in [2.24, 2.45) is 0 Å². The molecule has 2 aromatic carbocycles. The number of hydrogen-bond donors (Lipinski definition) is 1. The van der Waals surface area contributed by atoms with Crippen molar-refractivity contribution in [3.8, 4) is 0 Å². The minimum atomic E-state index is -0.475. The summed E-state index contributed by atoms with van der Waals surface area (Å²) in [5, 5.41) is 2.85. The normalized spacial score (nSPS) is 11.6. The predicted molar refractivity (Wildman–Crippen MR) is 103 cm³/mol. The van der Waals surface area contributed by atoms with E-state index in [-0.39, 0.29) is 28.4 Å². The molecule has 132 valence electrons. The summed E-state index contributed by atoms with van der Waals surface area (Å²) in [6, 6.07) is 14.7. The fourth-order valence-electron chi connectivity index (χ4n) is 2.08. The van der Waals surface area contributed by atoms with Crippen LogP contribution in [0.5, 0.6) is 0 Å². The van der Waals surface area contributed by atoms with Gasteiger partial charge in [-0.05, 0) is 37.6 Å². The molecule has 0 spiro atoms. The first-order valence-corrected chi connectivity index (χ1v) is 9.37. The Kier molecular flexibility index (Phi) is 7.34. The first-order valence-electron chi connectivity index (χ1n) is 7.94. The van der Waals surface area contributed by atoms with Gasteiger partial charge in [0.15, 0.2) is 0 Å². The Balaban J connectivity index is 1.93. The molecular formula is C19H20ClNO3S. The zero-order valence-corrected chi connectivity index (χ0v) is 15.7. The van der Waals surface area contributed by atoms with Gasteiger partial charge in [-0.1, -0.05) is 41.9 Å². The van der Waals surface area contributed by atoms with Crippen molar-refractivity contribution in [1.29, 1.82) is 0 Å². The lowest BCUT2D eigenvalue weighted by molar-refractivity contribution is -0.115. The number of ether oxygens (including phenoxy) is 1. The molecule has 2 rings (SSSR count). The van der Waals surface area contributed by atoms with Crippen LogP contribution in [0, 0.1) is 0 Å². The second-order valence-electron chi connectivity index (χ2n) is 5.34. The summed E-state index contributed by atoms with van der Waals surface area (Å²) in [5.74, 6) is 0.177. The molecule has 0 radical (unpaired) electrons. The number of benzene rings is 2. The molecule has 25 heavy (non-hydrogen) atoms. The lowest BCUT2D eigenvalue weighted by Crippen LogP contribution is -2.22. The fraction of sp³-hybridized carbons (Fsp3) is 0.263. The molecular weight excluding hydrogens is 358 g/mol. The molecule has 0 aliphatic heterocycles. The molecule has 1 atom stereocenters. The Labute approximate surface area is 156 Å². The van der Waals surface area contributed by atoms with Crippen LogP contribution in [0.4, 0.5) is 5.69 Å². The number of esters is 1. The third-order valence-corrected chi connectivity index (χ3v) is 4.97. The summed E-state index contributed by atoms with van der Waals surface area (Å²) in [6.07, 6.45) is 0. The molecule has 0 saturated carbocycles. The Bertz CT molecular complexity index is 737. The zero-order chi connectivity index (χ0) is 18.2. The molecule has 1 unspecified atom stereocenters. The van der Waals surface area contributed by atoms with Crippen LogP contribution >= 0.6 is 23.4 Å². The van der Waals surface area contributed by atoms with E-state index in [1.807, 2.05) is 37.3 Å². The van der Waals surface area contributed by atoms with E-state index in [0.29, 0.717) is 5.69 Å². The van der Waals surface area contributed by atoms with Gasteiger partial charge >= 0.3 is 5.97 Å². The highest BCUT2D eigenvalue weighted by molar-refractivity contribution is 7.99. The van der Waals surface area contributed by atoms with Crippen molar-refractivity contribution in [1.82, 2.24) is 0 Å². The van der Waals surface area contributed by atoms with Crippen LogP contribution in [-0.4, -0.2) is 23.7 Å². The average Bonchev–Trinajstić information content (AvgIpc) is 2.60. The molecule has 2 aromatic rings. The fourth-order valence-corrected chi connectivity index (χ4v) is 3.19. The van der Waals surface area contributed by atoms with Crippen LogP contribution in [-0.2, 0) is 15.3 Å². The summed E-state index contributed by atoms with van der Waals surface area (Å²) in [4.78, 5) is 24.0. The van der Waals surface area contributed by atoms with Crippen molar-refractivity contribution in [2.75, 3.05) is 11.9 Å². The molecule has 4 nitrogen and oxygen atoms in total. The summed E-state index contributed by atoms with van der Waals surface area (Å²) in [5.41, 5.74) is 2.01. The van der Waals surface area contributed by atoms with Gasteiger partial charge in [-0.15, -0.1) is 11.8 Å². The summed E-state index contributed by atoms with van der Waals surface area (Å²) < 4.78 is 4.93. The average molecular weight is 378 g/mol. The van der Waals surface area contributed by atoms with E-state index in [4.69, 9.17) is 16.3 Å². The van der Waals surface area contributed by atoms with Crippen molar-refractivity contribution in [3.63, 3.8) is 0 Å². The monoisotopic (exact) mass is 377 g/mol. The SMILES string of the molecule is CCOC(=O)c1ccc(NC(=O)C(C)SCc2ccccc2)cc1Cl. The Morgan fingerprint density at radius 3 is 2.56 bits per heavy atom. The summed E-state index contributed by atoms with van der Waals surface area (Å²) in [6.45, 7) is 3.87. The van der Waals surface area contributed by atoms with Gasteiger partial charge in [0.2, 0.25) is 5.91 Å². The number of amides is 1. The van der Waals surface area contributed by atoms with Gasteiger partial charge in [0.25, 0.3) is 0 Å². The molecule has 0 aliphatic rings. The minimum Gasteiger partial charge on any atom is -0.462 e. The van der Waals surface area contributed by atoms with E-state index in [9.17, 15) is 9.59 Å². The van der Waals surface area contributed by atoms with Crippen LogP contribution in [0.15, 0.2) is 48.5 Å². The summed E-state index contributed by atoms with van der Waals surface area (Å²) >= 11 is 7.66. The number of carbonyl (C=O) groups excluding carboxylic acids is 2. The van der Waals surface area contributed by atoms with Crippen LogP contribution in [0.2, 0.25) is 5.02 Å². The van der Waals surface area contributed by atoms with Gasteiger partial charge in [0, 0.05) is 11.4 Å². The van der Waals surface area contributed by atoms with Crippen molar-refractivity contribution >= 4 is 40.9 Å². The number of halogens is 1. The van der Waals surface area contributed by atoms with E-state index in [0.717, 1.165) is 5.75 Å². The molecule has 0 fully saturated rings. The van der Waals surface area contributed by atoms with Crippen LogP contribution < -0.4 is 5.32 Å². The molecule has 1 N–H and O–H groups in total. The topological polar surface area (TPSA) is 55.4 Å². The van der Waals surface area contributed by atoms with E-state index in [2.05, 4.69) is 5.32 Å². The summed E-state index contributed by atoms with van der Waals surface area (Å²) in [7, 11) is 0. The number of rotatable bonds is 7. The van der Waals surface area contributed by atoms with Gasteiger partial charge in [0.1, 0.15) is 0 Å². The predicted octanol–water partition coefficient (Wildman–Crippen LogP) is 4.78. The van der Waals surface area contributed by atoms with Crippen molar-refractivity contribution in [3.05, 3.63) is 64.7 Å².